The molecule has 0 radical (unpaired) electrons. The third-order valence-electron chi connectivity index (χ3n) is 1.97. The van der Waals surface area contributed by atoms with E-state index in [1.807, 2.05) is 24.3 Å². The molecule has 1 aromatic heterocycles. The third-order valence-corrected chi connectivity index (χ3v) is 2.81. The van der Waals surface area contributed by atoms with E-state index in [1.165, 1.54) is 11.3 Å². The van der Waals surface area contributed by atoms with Crippen molar-refractivity contribution in [1.82, 2.24) is 4.98 Å². The molecule has 84 valence electrons. The Labute approximate surface area is 97.6 Å². The molecule has 16 heavy (non-hydrogen) atoms. The Morgan fingerprint density at radius 2 is 2.19 bits per heavy atom. The maximum Gasteiger partial charge on any atom is 0.140 e. The average molecular weight is 236 g/mol. The first kappa shape index (κ1) is 10.8. The summed E-state index contributed by atoms with van der Waals surface area (Å²) in [7, 11) is 1.63. The minimum atomic E-state index is 0.426. The molecule has 0 aliphatic rings. The van der Waals surface area contributed by atoms with Crippen LogP contribution in [0.25, 0.3) is 0 Å². The smallest absolute Gasteiger partial charge is 0.140 e. The number of ether oxygens (including phenoxy) is 2. The Hall–Kier alpha value is -1.75. The molecule has 0 unspecified atom stereocenters. The van der Waals surface area contributed by atoms with Crippen molar-refractivity contribution in [3.05, 3.63) is 34.7 Å². The van der Waals surface area contributed by atoms with Gasteiger partial charge in [0.2, 0.25) is 0 Å². The number of methoxy groups -OCH3 is 1. The first-order valence-electron chi connectivity index (χ1n) is 4.74. The van der Waals surface area contributed by atoms with Gasteiger partial charge in [-0.1, -0.05) is 6.07 Å². The Balaban J connectivity index is 1.99. The van der Waals surface area contributed by atoms with E-state index in [4.69, 9.17) is 15.2 Å². The van der Waals surface area contributed by atoms with Crippen molar-refractivity contribution in [2.24, 2.45) is 0 Å². The van der Waals surface area contributed by atoms with Crippen molar-refractivity contribution in [1.29, 1.82) is 0 Å². The molecule has 1 aromatic carbocycles. The van der Waals surface area contributed by atoms with Crippen LogP contribution >= 0.6 is 11.3 Å². The number of thiazole rings is 1. The summed E-state index contributed by atoms with van der Waals surface area (Å²) in [5.74, 6) is 2.07. The molecular formula is C11H12N2O2S. The summed E-state index contributed by atoms with van der Waals surface area (Å²) in [4.78, 5) is 4.11. The van der Waals surface area contributed by atoms with Gasteiger partial charge in [0.15, 0.2) is 0 Å². The molecule has 1 heterocycles. The average Bonchev–Trinajstić information content (AvgIpc) is 2.73. The molecule has 2 rings (SSSR count). The summed E-state index contributed by atoms with van der Waals surface area (Å²) in [5.41, 5.74) is 5.52. The fraction of sp³-hybridized carbons (Fsp3) is 0.182. The molecule has 0 bridgehead atoms. The van der Waals surface area contributed by atoms with E-state index >= 15 is 0 Å². The number of rotatable bonds is 4. The van der Waals surface area contributed by atoms with Crippen LogP contribution in [0.2, 0.25) is 0 Å². The molecule has 0 aliphatic heterocycles. The highest BCUT2D eigenvalue weighted by molar-refractivity contribution is 7.09. The van der Waals surface area contributed by atoms with Crippen LogP contribution in [0, 0.1) is 0 Å². The predicted octanol–water partition coefficient (Wildman–Crippen LogP) is 2.31. The lowest BCUT2D eigenvalue weighted by atomic mass is 10.3. The van der Waals surface area contributed by atoms with Gasteiger partial charge in [-0.3, -0.25) is 0 Å². The van der Waals surface area contributed by atoms with Crippen molar-refractivity contribution < 1.29 is 9.47 Å². The molecule has 2 aromatic rings. The fourth-order valence-electron chi connectivity index (χ4n) is 1.23. The van der Waals surface area contributed by atoms with Crippen LogP contribution in [0.1, 0.15) is 5.01 Å². The molecule has 0 saturated carbocycles. The summed E-state index contributed by atoms with van der Waals surface area (Å²) in [6, 6.07) is 7.45. The highest BCUT2D eigenvalue weighted by Gasteiger charge is 2.01. The maximum absolute atomic E-state index is 5.56. The second kappa shape index (κ2) is 4.85. The summed E-state index contributed by atoms with van der Waals surface area (Å²) in [6.45, 7) is 0.426. The number of hydrogen-bond acceptors (Lipinski definition) is 5. The van der Waals surface area contributed by atoms with E-state index in [2.05, 4.69) is 4.98 Å². The zero-order valence-corrected chi connectivity index (χ0v) is 9.66. The third kappa shape index (κ3) is 2.64. The van der Waals surface area contributed by atoms with Crippen LogP contribution in [0.5, 0.6) is 11.5 Å². The largest absolute Gasteiger partial charge is 0.497 e. The van der Waals surface area contributed by atoms with Crippen LogP contribution < -0.4 is 15.2 Å². The summed E-state index contributed by atoms with van der Waals surface area (Å²) in [5, 5.41) is 2.66. The van der Waals surface area contributed by atoms with Gasteiger partial charge < -0.3 is 15.2 Å². The van der Waals surface area contributed by atoms with Gasteiger partial charge in [0.25, 0.3) is 0 Å². The fourth-order valence-corrected chi connectivity index (χ4v) is 1.82. The molecule has 0 amide bonds. The summed E-state index contributed by atoms with van der Waals surface area (Å²) >= 11 is 1.49. The van der Waals surface area contributed by atoms with Crippen molar-refractivity contribution in [3.8, 4) is 11.5 Å². The number of nitrogens with zero attached hydrogens (tertiary/aromatic N) is 1. The van der Waals surface area contributed by atoms with Gasteiger partial charge in [0, 0.05) is 11.4 Å². The lowest BCUT2D eigenvalue weighted by Gasteiger charge is -2.05. The van der Waals surface area contributed by atoms with Crippen LogP contribution in [0.3, 0.4) is 0 Å². The Bertz CT molecular complexity index is 471. The van der Waals surface area contributed by atoms with Gasteiger partial charge >= 0.3 is 0 Å². The molecule has 2 N–H and O–H groups in total. The zero-order valence-electron chi connectivity index (χ0n) is 8.84. The van der Waals surface area contributed by atoms with E-state index in [0.29, 0.717) is 12.4 Å². The monoisotopic (exact) mass is 236 g/mol. The van der Waals surface area contributed by atoms with Crippen LogP contribution in [-0.2, 0) is 6.61 Å². The van der Waals surface area contributed by atoms with E-state index in [-0.39, 0.29) is 0 Å². The molecule has 0 fully saturated rings. The summed E-state index contributed by atoms with van der Waals surface area (Å²) in [6.07, 6.45) is 0. The molecular weight excluding hydrogens is 224 g/mol. The number of anilines is 1. The van der Waals surface area contributed by atoms with Crippen molar-refractivity contribution in [2.45, 2.75) is 6.61 Å². The molecule has 0 saturated heterocycles. The van der Waals surface area contributed by atoms with E-state index in [0.717, 1.165) is 16.5 Å². The maximum atomic E-state index is 5.56. The van der Waals surface area contributed by atoms with Crippen LogP contribution in [0.4, 0.5) is 5.82 Å². The minimum absolute atomic E-state index is 0.426. The molecule has 0 aliphatic carbocycles. The van der Waals surface area contributed by atoms with E-state index in [1.54, 1.807) is 12.5 Å². The normalized spacial score (nSPS) is 10.1. The van der Waals surface area contributed by atoms with Crippen LogP contribution in [-0.4, -0.2) is 12.1 Å². The van der Waals surface area contributed by atoms with Gasteiger partial charge in [-0.2, -0.15) is 0 Å². The molecule has 5 heteroatoms. The van der Waals surface area contributed by atoms with Gasteiger partial charge in [0.1, 0.15) is 28.9 Å². The summed E-state index contributed by atoms with van der Waals surface area (Å²) < 4.78 is 10.7. The highest BCUT2D eigenvalue weighted by Crippen LogP contribution is 2.20. The number of nitrogen functional groups attached to an aromatic ring is 1. The highest BCUT2D eigenvalue weighted by atomic mass is 32.1. The first-order valence-corrected chi connectivity index (χ1v) is 5.62. The van der Waals surface area contributed by atoms with E-state index in [9.17, 15) is 0 Å². The topological polar surface area (TPSA) is 57.4 Å². The molecule has 0 atom stereocenters. The van der Waals surface area contributed by atoms with Gasteiger partial charge in [0.05, 0.1) is 7.11 Å². The van der Waals surface area contributed by atoms with Crippen LogP contribution in [0.15, 0.2) is 29.6 Å². The van der Waals surface area contributed by atoms with Crippen molar-refractivity contribution in [2.75, 3.05) is 12.8 Å². The Morgan fingerprint density at radius 1 is 1.38 bits per heavy atom. The SMILES string of the molecule is COc1cccc(OCc2nc(N)cs2)c1. The minimum Gasteiger partial charge on any atom is -0.497 e. The standard InChI is InChI=1S/C11H12N2O2S/c1-14-8-3-2-4-9(5-8)15-6-11-13-10(12)7-16-11/h2-5,7H,6,12H2,1H3. The number of hydrogen-bond donors (Lipinski definition) is 1. The van der Waals surface area contributed by atoms with Crippen molar-refractivity contribution in [3.63, 3.8) is 0 Å². The number of aromatic nitrogens is 1. The lowest BCUT2D eigenvalue weighted by molar-refractivity contribution is 0.303. The Morgan fingerprint density at radius 3 is 2.88 bits per heavy atom. The first-order chi connectivity index (χ1) is 7.78. The Kier molecular flexibility index (Phi) is 3.26. The quantitative estimate of drug-likeness (QED) is 0.885. The number of nitrogens with two attached hydrogens (primary N) is 1. The lowest BCUT2D eigenvalue weighted by Crippen LogP contribution is -1.95. The number of benzene rings is 1. The van der Waals surface area contributed by atoms with Gasteiger partial charge in [-0.05, 0) is 12.1 Å². The van der Waals surface area contributed by atoms with Crippen molar-refractivity contribution >= 4 is 17.2 Å². The second-order valence-corrected chi connectivity index (χ2v) is 4.08. The zero-order chi connectivity index (χ0) is 11.4. The van der Waals surface area contributed by atoms with Gasteiger partial charge in [-0.15, -0.1) is 11.3 Å². The van der Waals surface area contributed by atoms with Gasteiger partial charge in [-0.25, -0.2) is 4.98 Å². The molecule has 4 nitrogen and oxygen atoms in total. The van der Waals surface area contributed by atoms with E-state index < -0.39 is 0 Å². The molecule has 0 spiro atoms. The predicted molar refractivity (Wildman–Crippen MR) is 63.9 cm³/mol. The second-order valence-electron chi connectivity index (χ2n) is 3.13.